The predicted molar refractivity (Wildman–Crippen MR) is 68.7 cm³/mol. The number of aliphatic hydroxyl groups excluding tert-OH is 1. The minimum Gasteiger partial charge on any atom is -0.459 e. The number of carbonyl (C=O) groups is 1. The highest BCUT2D eigenvalue weighted by molar-refractivity contribution is 5.89. The lowest BCUT2D eigenvalue weighted by atomic mass is 10.0. The average Bonchev–Trinajstić information content (AvgIpc) is 2.43. The molecule has 0 bridgehead atoms. The standard InChI is InChI=1S/C15H12O3/c1-18-15(17)10-9-14(16)13-8-4-6-11-5-2-3-7-12(11)13/h2-8,14,16H,1H3/t14-/m0/s1. The van der Waals surface area contributed by atoms with Gasteiger partial charge in [0.2, 0.25) is 0 Å². The fourth-order valence-electron chi connectivity index (χ4n) is 1.74. The zero-order valence-electron chi connectivity index (χ0n) is 9.88. The summed E-state index contributed by atoms with van der Waals surface area (Å²) >= 11 is 0. The van der Waals surface area contributed by atoms with E-state index in [0.717, 1.165) is 10.8 Å². The Labute approximate surface area is 105 Å². The number of rotatable bonds is 1. The minimum atomic E-state index is -1.00. The molecule has 1 atom stereocenters. The van der Waals surface area contributed by atoms with Crippen LogP contribution in [0.25, 0.3) is 10.8 Å². The Kier molecular flexibility index (Phi) is 3.61. The van der Waals surface area contributed by atoms with E-state index in [4.69, 9.17) is 0 Å². The van der Waals surface area contributed by atoms with Crippen molar-refractivity contribution in [3.05, 3.63) is 48.0 Å². The van der Waals surface area contributed by atoms with Crippen molar-refractivity contribution in [3.8, 4) is 11.8 Å². The third-order valence-electron chi connectivity index (χ3n) is 2.61. The third kappa shape index (κ3) is 2.50. The Balaban J connectivity index is 2.41. The number of hydrogen-bond donors (Lipinski definition) is 1. The van der Waals surface area contributed by atoms with Crippen molar-refractivity contribution in [2.24, 2.45) is 0 Å². The molecule has 2 aromatic rings. The van der Waals surface area contributed by atoms with Gasteiger partial charge in [-0.15, -0.1) is 0 Å². The fraction of sp³-hybridized carbons (Fsp3) is 0.133. The number of esters is 1. The van der Waals surface area contributed by atoms with E-state index in [0.29, 0.717) is 5.56 Å². The van der Waals surface area contributed by atoms with Crippen LogP contribution in [0.1, 0.15) is 11.7 Å². The van der Waals surface area contributed by atoms with Crippen LogP contribution in [0.4, 0.5) is 0 Å². The third-order valence-corrected chi connectivity index (χ3v) is 2.61. The number of hydrogen-bond acceptors (Lipinski definition) is 3. The number of benzene rings is 2. The monoisotopic (exact) mass is 240 g/mol. The van der Waals surface area contributed by atoms with Crippen molar-refractivity contribution in [1.29, 1.82) is 0 Å². The molecule has 90 valence electrons. The molecule has 0 unspecified atom stereocenters. The van der Waals surface area contributed by atoms with Crippen LogP contribution >= 0.6 is 0 Å². The Bertz CT molecular complexity index is 629. The summed E-state index contributed by atoms with van der Waals surface area (Å²) < 4.78 is 4.40. The van der Waals surface area contributed by atoms with Gasteiger partial charge in [0.1, 0.15) is 6.10 Å². The highest BCUT2D eigenvalue weighted by Crippen LogP contribution is 2.23. The summed E-state index contributed by atoms with van der Waals surface area (Å²) in [5, 5.41) is 11.9. The van der Waals surface area contributed by atoms with Crippen LogP contribution in [0.2, 0.25) is 0 Å². The number of methoxy groups -OCH3 is 1. The molecule has 0 aromatic heterocycles. The lowest BCUT2D eigenvalue weighted by molar-refractivity contribution is -0.133. The quantitative estimate of drug-likeness (QED) is 0.471. The maximum absolute atomic E-state index is 10.9. The molecular weight excluding hydrogens is 228 g/mol. The minimum absolute atomic E-state index is 0.658. The fourth-order valence-corrected chi connectivity index (χ4v) is 1.74. The molecule has 0 spiro atoms. The molecule has 18 heavy (non-hydrogen) atoms. The van der Waals surface area contributed by atoms with Gasteiger partial charge >= 0.3 is 5.97 Å². The zero-order valence-corrected chi connectivity index (χ0v) is 9.88. The first-order valence-electron chi connectivity index (χ1n) is 5.47. The Morgan fingerprint density at radius 3 is 2.72 bits per heavy atom. The van der Waals surface area contributed by atoms with Gasteiger partial charge in [-0.05, 0) is 10.8 Å². The van der Waals surface area contributed by atoms with Gasteiger partial charge < -0.3 is 9.84 Å². The molecule has 0 aliphatic carbocycles. The van der Waals surface area contributed by atoms with E-state index in [1.165, 1.54) is 7.11 Å². The van der Waals surface area contributed by atoms with E-state index in [9.17, 15) is 9.90 Å². The molecule has 0 saturated carbocycles. The van der Waals surface area contributed by atoms with E-state index >= 15 is 0 Å². The number of carbonyl (C=O) groups excluding carboxylic acids is 1. The molecule has 0 aliphatic heterocycles. The van der Waals surface area contributed by atoms with Crippen LogP contribution in [0.5, 0.6) is 0 Å². The van der Waals surface area contributed by atoms with E-state index in [2.05, 4.69) is 16.6 Å². The molecule has 0 radical (unpaired) electrons. The van der Waals surface area contributed by atoms with Gasteiger partial charge in [0.25, 0.3) is 0 Å². The first-order chi connectivity index (χ1) is 8.72. The second-order valence-electron chi connectivity index (χ2n) is 3.73. The lowest BCUT2D eigenvalue weighted by Crippen LogP contribution is -1.99. The van der Waals surface area contributed by atoms with Gasteiger partial charge in [0.05, 0.1) is 7.11 Å². The van der Waals surface area contributed by atoms with Crippen LogP contribution < -0.4 is 0 Å². The first-order valence-corrected chi connectivity index (χ1v) is 5.47. The van der Waals surface area contributed by atoms with Crippen LogP contribution in [0, 0.1) is 11.8 Å². The Hall–Kier alpha value is -2.31. The zero-order chi connectivity index (χ0) is 13.0. The first kappa shape index (κ1) is 12.2. The second-order valence-corrected chi connectivity index (χ2v) is 3.73. The smallest absolute Gasteiger partial charge is 0.384 e. The van der Waals surface area contributed by atoms with E-state index in [1.807, 2.05) is 36.4 Å². The summed E-state index contributed by atoms with van der Waals surface area (Å²) in [6.45, 7) is 0. The molecule has 3 nitrogen and oxygen atoms in total. The Morgan fingerprint density at radius 1 is 1.22 bits per heavy atom. The largest absolute Gasteiger partial charge is 0.459 e. The van der Waals surface area contributed by atoms with Crippen LogP contribution in [0.3, 0.4) is 0 Å². The van der Waals surface area contributed by atoms with Crippen LogP contribution in [0.15, 0.2) is 42.5 Å². The normalized spacial score (nSPS) is 11.4. The average molecular weight is 240 g/mol. The van der Waals surface area contributed by atoms with Gasteiger partial charge in [-0.1, -0.05) is 48.4 Å². The van der Waals surface area contributed by atoms with Gasteiger partial charge in [0.15, 0.2) is 0 Å². The number of ether oxygens (including phenoxy) is 1. The summed E-state index contributed by atoms with van der Waals surface area (Å²) in [6.07, 6.45) is -1.00. The predicted octanol–water partition coefficient (Wildman–Crippen LogP) is 2.05. The summed E-state index contributed by atoms with van der Waals surface area (Å²) in [7, 11) is 1.25. The van der Waals surface area contributed by atoms with Crippen molar-refractivity contribution in [2.45, 2.75) is 6.10 Å². The molecule has 2 aromatic carbocycles. The number of fused-ring (bicyclic) bond motifs is 1. The molecule has 1 N–H and O–H groups in total. The van der Waals surface area contributed by atoms with Crippen molar-refractivity contribution < 1.29 is 14.6 Å². The summed E-state index contributed by atoms with van der Waals surface area (Å²) in [5.41, 5.74) is 0.685. The topological polar surface area (TPSA) is 46.5 Å². The molecule has 0 aliphatic rings. The van der Waals surface area contributed by atoms with Crippen molar-refractivity contribution in [1.82, 2.24) is 0 Å². The summed E-state index contributed by atoms with van der Waals surface area (Å²) in [4.78, 5) is 10.9. The Morgan fingerprint density at radius 2 is 1.94 bits per heavy atom. The molecule has 3 heteroatoms. The van der Waals surface area contributed by atoms with Gasteiger partial charge in [-0.2, -0.15) is 0 Å². The van der Waals surface area contributed by atoms with Gasteiger partial charge in [0, 0.05) is 11.5 Å². The molecule has 0 saturated heterocycles. The molecule has 0 amide bonds. The van der Waals surface area contributed by atoms with Crippen LogP contribution in [-0.2, 0) is 9.53 Å². The van der Waals surface area contributed by atoms with E-state index < -0.39 is 12.1 Å². The van der Waals surface area contributed by atoms with E-state index in [-0.39, 0.29) is 0 Å². The van der Waals surface area contributed by atoms with Crippen LogP contribution in [-0.4, -0.2) is 18.2 Å². The van der Waals surface area contributed by atoms with E-state index in [1.54, 1.807) is 6.07 Å². The SMILES string of the molecule is COC(=O)C#C[C@H](O)c1cccc2ccccc12. The molecule has 0 fully saturated rings. The van der Waals surface area contributed by atoms with Crippen molar-refractivity contribution in [3.63, 3.8) is 0 Å². The summed E-state index contributed by atoms with van der Waals surface area (Å²) in [5.74, 6) is 4.05. The molecule has 0 heterocycles. The molecule has 2 rings (SSSR count). The second kappa shape index (κ2) is 5.35. The highest BCUT2D eigenvalue weighted by Gasteiger charge is 2.08. The molecular formula is C15H12O3. The highest BCUT2D eigenvalue weighted by atomic mass is 16.5. The summed E-state index contributed by atoms with van der Waals surface area (Å²) in [6, 6.07) is 13.3. The maximum atomic E-state index is 10.9. The maximum Gasteiger partial charge on any atom is 0.384 e. The van der Waals surface area contributed by atoms with Gasteiger partial charge in [-0.3, -0.25) is 0 Å². The van der Waals surface area contributed by atoms with Crippen molar-refractivity contribution in [2.75, 3.05) is 7.11 Å². The lowest BCUT2D eigenvalue weighted by Gasteiger charge is -2.07. The number of aliphatic hydroxyl groups is 1. The van der Waals surface area contributed by atoms with Crippen molar-refractivity contribution >= 4 is 16.7 Å². The van der Waals surface area contributed by atoms with Gasteiger partial charge in [-0.25, -0.2) is 4.79 Å².